The number of hydrogen-bond donors (Lipinski definition) is 2. The molecule has 0 fully saturated rings. The van der Waals surface area contributed by atoms with Gasteiger partial charge in [0.05, 0.1) is 12.3 Å². The zero-order valence-electron chi connectivity index (χ0n) is 9.27. The van der Waals surface area contributed by atoms with Gasteiger partial charge in [-0.1, -0.05) is 13.8 Å². The van der Waals surface area contributed by atoms with E-state index in [4.69, 9.17) is 10.2 Å². The molecule has 0 bridgehead atoms. The van der Waals surface area contributed by atoms with Crippen molar-refractivity contribution in [2.75, 3.05) is 19.6 Å². The number of carbonyl (C=O) groups is 2. The summed E-state index contributed by atoms with van der Waals surface area (Å²) < 4.78 is 0. The quantitative estimate of drug-likeness (QED) is 0.631. The molecule has 0 radical (unpaired) electrons. The molecule has 0 aliphatic heterocycles. The average molecular weight is 217 g/mol. The van der Waals surface area contributed by atoms with E-state index in [0.29, 0.717) is 13.1 Å². The summed E-state index contributed by atoms with van der Waals surface area (Å²) in [5.41, 5.74) is 0. The molecular formula is C10H19NO4. The summed E-state index contributed by atoms with van der Waals surface area (Å²) in [5.74, 6) is -2.14. The van der Waals surface area contributed by atoms with E-state index in [9.17, 15) is 9.59 Å². The first-order valence-electron chi connectivity index (χ1n) is 5.14. The maximum atomic E-state index is 10.6. The van der Waals surface area contributed by atoms with Gasteiger partial charge in [-0.05, 0) is 13.0 Å². The fourth-order valence-electron chi connectivity index (χ4n) is 1.33. The Morgan fingerprint density at radius 1 is 1.27 bits per heavy atom. The van der Waals surface area contributed by atoms with Crippen LogP contribution in [0.25, 0.3) is 0 Å². The summed E-state index contributed by atoms with van der Waals surface area (Å²) in [6.07, 6.45) is 0.957. The maximum absolute atomic E-state index is 10.6. The van der Waals surface area contributed by atoms with Crippen LogP contribution in [0.3, 0.4) is 0 Å². The van der Waals surface area contributed by atoms with Gasteiger partial charge in [0.2, 0.25) is 0 Å². The Hall–Kier alpha value is -1.10. The molecule has 0 aromatic heterocycles. The van der Waals surface area contributed by atoms with Crippen molar-refractivity contribution in [1.82, 2.24) is 4.90 Å². The molecule has 1 unspecified atom stereocenters. The number of hydrogen-bond acceptors (Lipinski definition) is 3. The average Bonchev–Trinajstić information content (AvgIpc) is 2.14. The molecule has 88 valence electrons. The van der Waals surface area contributed by atoms with Crippen molar-refractivity contribution in [3.63, 3.8) is 0 Å². The maximum Gasteiger partial charge on any atom is 0.307 e. The van der Waals surface area contributed by atoms with Gasteiger partial charge in [-0.2, -0.15) is 0 Å². The van der Waals surface area contributed by atoms with Crippen LogP contribution < -0.4 is 0 Å². The topological polar surface area (TPSA) is 77.8 Å². The molecule has 0 rings (SSSR count). The molecule has 5 nitrogen and oxygen atoms in total. The third kappa shape index (κ3) is 6.90. The molecule has 15 heavy (non-hydrogen) atoms. The van der Waals surface area contributed by atoms with Crippen molar-refractivity contribution in [3.05, 3.63) is 0 Å². The van der Waals surface area contributed by atoms with Gasteiger partial charge in [0, 0.05) is 13.1 Å². The van der Waals surface area contributed by atoms with Crippen LogP contribution in [0.1, 0.15) is 26.7 Å². The van der Waals surface area contributed by atoms with E-state index >= 15 is 0 Å². The first-order chi connectivity index (χ1) is 6.97. The molecular weight excluding hydrogens is 198 g/mol. The van der Waals surface area contributed by atoms with Crippen LogP contribution in [-0.4, -0.2) is 46.7 Å². The first kappa shape index (κ1) is 13.9. The van der Waals surface area contributed by atoms with E-state index in [2.05, 4.69) is 0 Å². The molecule has 0 aromatic rings. The third-order valence-corrected chi connectivity index (χ3v) is 2.14. The van der Waals surface area contributed by atoms with Gasteiger partial charge in [0.25, 0.3) is 0 Å². The van der Waals surface area contributed by atoms with Crippen LogP contribution in [0, 0.1) is 5.92 Å². The van der Waals surface area contributed by atoms with E-state index < -0.39 is 17.9 Å². The molecule has 0 aliphatic carbocycles. The lowest BCUT2D eigenvalue weighted by atomic mass is 10.1. The van der Waals surface area contributed by atoms with E-state index in [-0.39, 0.29) is 6.42 Å². The molecule has 0 saturated carbocycles. The Balaban J connectivity index is 4.02. The van der Waals surface area contributed by atoms with Gasteiger partial charge in [-0.15, -0.1) is 0 Å². The van der Waals surface area contributed by atoms with Crippen molar-refractivity contribution in [3.8, 4) is 0 Å². The monoisotopic (exact) mass is 217 g/mol. The van der Waals surface area contributed by atoms with Gasteiger partial charge < -0.3 is 15.1 Å². The molecule has 0 amide bonds. The minimum Gasteiger partial charge on any atom is -0.481 e. The van der Waals surface area contributed by atoms with Crippen molar-refractivity contribution in [2.24, 2.45) is 5.92 Å². The summed E-state index contributed by atoms with van der Waals surface area (Å²) in [5, 5.41) is 17.3. The zero-order valence-corrected chi connectivity index (χ0v) is 9.27. The van der Waals surface area contributed by atoms with Gasteiger partial charge in [0.1, 0.15) is 0 Å². The van der Waals surface area contributed by atoms with E-state index in [1.165, 1.54) is 0 Å². The molecule has 0 spiro atoms. The largest absolute Gasteiger partial charge is 0.481 e. The van der Waals surface area contributed by atoms with Crippen LogP contribution in [0.4, 0.5) is 0 Å². The van der Waals surface area contributed by atoms with Crippen LogP contribution in [0.2, 0.25) is 0 Å². The molecule has 5 heteroatoms. The third-order valence-electron chi connectivity index (χ3n) is 2.14. The van der Waals surface area contributed by atoms with Crippen molar-refractivity contribution < 1.29 is 19.8 Å². The summed E-state index contributed by atoms with van der Waals surface area (Å²) in [7, 11) is 0. The lowest BCUT2D eigenvalue weighted by Gasteiger charge is -2.22. The fraction of sp³-hybridized carbons (Fsp3) is 0.800. The molecule has 0 heterocycles. The second kappa shape index (κ2) is 7.23. The van der Waals surface area contributed by atoms with Crippen molar-refractivity contribution in [1.29, 1.82) is 0 Å². The Kier molecular flexibility index (Phi) is 6.70. The number of carboxylic acids is 2. The second-order valence-electron chi connectivity index (χ2n) is 3.68. The Bertz CT molecular complexity index is 217. The van der Waals surface area contributed by atoms with Gasteiger partial charge in [-0.3, -0.25) is 9.59 Å². The molecule has 0 saturated heterocycles. The standard InChI is InChI=1S/C10H19NO4/c1-3-5-11(6-4-9(12)13)7-8(2)10(14)15/h8H,3-7H2,1-2H3,(H,12,13)(H,14,15). The Labute approximate surface area is 89.7 Å². The summed E-state index contributed by atoms with van der Waals surface area (Å²) in [4.78, 5) is 22.9. The Morgan fingerprint density at radius 2 is 1.87 bits per heavy atom. The van der Waals surface area contributed by atoms with Gasteiger partial charge >= 0.3 is 11.9 Å². The smallest absolute Gasteiger partial charge is 0.307 e. The minimum atomic E-state index is -0.848. The molecule has 0 aromatic carbocycles. The molecule has 1 atom stereocenters. The van der Waals surface area contributed by atoms with Crippen LogP contribution in [0.15, 0.2) is 0 Å². The van der Waals surface area contributed by atoms with Gasteiger partial charge in [0.15, 0.2) is 0 Å². The molecule has 0 aliphatic rings. The highest BCUT2D eigenvalue weighted by Gasteiger charge is 2.16. The number of nitrogens with zero attached hydrogens (tertiary/aromatic N) is 1. The minimum absolute atomic E-state index is 0.0618. The van der Waals surface area contributed by atoms with E-state index in [1.807, 2.05) is 11.8 Å². The van der Waals surface area contributed by atoms with E-state index in [1.54, 1.807) is 6.92 Å². The fourth-order valence-corrected chi connectivity index (χ4v) is 1.33. The Morgan fingerprint density at radius 3 is 2.27 bits per heavy atom. The predicted octanol–water partition coefficient (Wildman–Crippen LogP) is 0.894. The highest BCUT2D eigenvalue weighted by Crippen LogP contribution is 2.02. The predicted molar refractivity (Wildman–Crippen MR) is 55.8 cm³/mol. The lowest BCUT2D eigenvalue weighted by Crippen LogP contribution is -2.34. The lowest BCUT2D eigenvalue weighted by molar-refractivity contribution is -0.141. The number of carboxylic acid groups (broad SMARTS) is 2. The van der Waals surface area contributed by atoms with Gasteiger partial charge in [-0.25, -0.2) is 0 Å². The number of rotatable bonds is 8. The summed E-state index contributed by atoms with van der Waals surface area (Å²) in [6, 6.07) is 0. The summed E-state index contributed by atoms with van der Waals surface area (Å²) >= 11 is 0. The SMILES string of the molecule is CCCN(CCC(=O)O)CC(C)C(=O)O. The van der Waals surface area contributed by atoms with Crippen LogP contribution in [0.5, 0.6) is 0 Å². The highest BCUT2D eigenvalue weighted by atomic mass is 16.4. The zero-order chi connectivity index (χ0) is 11.8. The van der Waals surface area contributed by atoms with Crippen LogP contribution >= 0.6 is 0 Å². The van der Waals surface area contributed by atoms with Crippen molar-refractivity contribution >= 4 is 11.9 Å². The number of aliphatic carboxylic acids is 2. The molecule has 2 N–H and O–H groups in total. The van der Waals surface area contributed by atoms with Crippen molar-refractivity contribution in [2.45, 2.75) is 26.7 Å². The highest BCUT2D eigenvalue weighted by molar-refractivity contribution is 5.69. The first-order valence-corrected chi connectivity index (χ1v) is 5.14. The van der Waals surface area contributed by atoms with Crippen LogP contribution in [-0.2, 0) is 9.59 Å². The summed E-state index contributed by atoms with van der Waals surface area (Å²) in [6.45, 7) is 5.19. The van der Waals surface area contributed by atoms with E-state index in [0.717, 1.165) is 13.0 Å². The normalized spacial score (nSPS) is 12.7. The second-order valence-corrected chi connectivity index (χ2v) is 3.68.